The molecule has 0 unspecified atom stereocenters. The summed E-state index contributed by atoms with van der Waals surface area (Å²) in [5.41, 5.74) is 5.85. The van der Waals surface area contributed by atoms with Crippen molar-refractivity contribution in [2.45, 2.75) is 70.6 Å². The number of hydrogen-bond donors (Lipinski definition) is 1. The number of carbonyl (C=O) groups excluding carboxylic acids is 1. The Morgan fingerprint density at radius 1 is 1.18 bits per heavy atom. The van der Waals surface area contributed by atoms with Crippen LogP contribution in [0.2, 0.25) is 18.1 Å². The Bertz CT molecular complexity index is 276. The van der Waals surface area contributed by atoms with Gasteiger partial charge in [-0.25, -0.2) is 0 Å². The van der Waals surface area contributed by atoms with Gasteiger partial charge in [-0.2, -0.15) is 0 Å². The number of nitrogens with two attached hydrogens (primary N) is 1. The van der Waals surface area contributed by atoms with E-state index in [9.17, 15) is 4.79 Å². The van der Waals surface area contributed by atoms with E-state index in [1.165, 1.54) is 0 Å². The zero-order valence-electron chi connectivity index (χ0n) is 11.9. The van der Waals surface area contributed by atoms with Crippen molar-refractivity contribution in [3.05, 3.63) is 0 Å². The monoisotopic (exact) mass is 257 g/mol. The number of carbonyl (C=O) groups is 1. The quantitative estimate of drug-likeness (QED) is 0.774. The van der Waals surface area contributed by atoms with E-state index in [0.717, 1.165) is 25.7 Å². The predicted octanol–water partition coefficient (Wildman–Crippen LogP) is 3.05. The molecule has 4 heteroatoms. The summed E-state index contributed by atoms with van der Waals surface area (Å²) in [4.78, 5) is 12.1. The topological polar surface area (TPSA) is 52.3 Å². The van der Waals surface area contributed by atoms with Crippen LogP contribution in [-0.2, 0) is 9.22 Å². The predicted molar refractivity (Wildman–Crippen MR) is 73.2 cm³/mol. The van der Waals surface area contributed by atoms with Crippen LogP contribution in [0.4, 0.5) is 0 Å². The minimum Gasteiger partial charge on any atom is -0.519 e. The molecule has 1 rings (SSSR count). The van der Waals surface area contributed by atoms with Crippen LogP contribution in [0.3, 0.4) is 0 Å². The molecule has 0 aromatic rings. The normalized spacial score (nSPS) is 26.7. The molecule has 0 atom stereocenters. The molecule has 1 aliphatic rings. The lowest BCUT2D eigenvalue weighted by Crippen LogP contribution is -2.44. The summed E-state index contributed by atoms with van der Waals surface area (Å²) in [7, 11) is -1.95. The van der Waals surface area contributed by atoms with Gasteiger partial charge in [-0.15, -0.1) is 0 Å². The van der Waals surface area contributed by atoms with Gasteiger partial charge in [-0.05, 0) is 43.8 Å². The van der Waals surface area contributed by atoms with Gasteiger partial charge in [0.05, 0.1) is 5.92 Å². The van der Waals surface area contributed by atoms with E-state index in [2.05, 4.69) is 33.9 Å². The van der Waals surface area contributed by atoms with Gasteiger partial charge < -0.3 is 10.2 Å². The van der Waals surface area contributed by atoms with E-state index in [0.29, 0.717) is 0 Å². The maximum absolute atomic E-state index is 12.1. The molecule has 2 N–H and O–H groups in total. The summed E-state index contributed by atoms with van der Waals surface area (Å²) in [5, 5.41) is 0.0910. The summed E-state index contributed by atoms with van der Waals surface area (Å²) in [6.07, 6.45) is 3.71. The van der Waals surface area contributed by atoms with Crippen LogP contribution in [0.5, 0.6) is 0 Å². The Balaban J connectivity index is 2.55. The fourth-order valence-electron chi connectivity index (χ4n) is 1.84. The first-order valence-corrected chi connectivity index (χ1v) is 9.53. The molecule has 0 saturated heterocycles. The van der Waals surface area contributed by atoms with Crippen molar-refractivity contribution < 1.29 is 9.22 Å². The summed E-state index contributed by atoms with van der Waals surface area (Å²) in [6, 6.07) is 0.284. The lowest BCUT2D eigenvalue weighted by molar-refractivity contribution is -0.141. The van der Waals surface area contributed by atoms with Crippen LogP contribution in [0, 0.1) is 5.92 Å². The lowest BCUT2D eigenvalue weighted by Gasteiger charge is -2.37. The molecule has 0 aromatic carbocycles. The van der Waals surface area contributed by atoms with E-state index in [1.807, 2.05) is 0 Å². The van der Waals surface area contributed by atoms with E-state index in [1.54, 1.807) is 0 Å². The molecule has 3 nitrogen and oxygen atoms in total. The fraction of sp³-hybridized carbons (Fsp3) is 0.923. The van der Waals surface area contributed by atoms with Crippen LogP contribution < -0.4 is 5.73 Å². The zero-order valence-corrected chi connectivity index (χ0v) is 12.9. The summed E-state index contributed by atoms with van der Waals surface area (Å²) >= 11 is 0. The lowest BCUT2D eigenvalue weighted by atomic mass is 9.87. The highest BCUT2D eigenvalue weighted by atomic mass is 28.4. The Hall–Kier alpha value is -0.353. The van der Waals surface area contributed by atoms with E-state index < -0.39 is 8.32 Å². The first kappa shape index (κ1) is 14.7. The SMILES string of the molecule is CC(C)(C)[Si](C)(C)OC(=O)C1CCC(N)CC1. The molecule has 0 aromatic heterocycles. The van der Waals surface area contributed by atoms with Gasteiger partial charge >= 0.3 is 0 Å². The molecule has 1 aliphatic carbocycles. The molecule has 1 fully saturated rings. The molecule has 0 radical (unpaired) electrons. The van der Waals surface area contributed by atoms with Crippen LogP contribution >= 0.6 is 0 Å². The highest BCUT2D eigenvalue weighted by molar-refractivity contribution is 6.75. The molecular formula is C13H27NO2Si. The third kappa shape index (κ3) is 3.81. The summed E-state index contributed by atoms with van der Waals surface area (Å²) in [5.74, 6) is 0.104. The number of hydrogen-bond acceptors (Lipinski definition) is 3. The highest BCUT2D eigenvalue weighted by Gasteiger charge is 2.41. The van der Waals surface area contributed by atoms with Crippen LogP contribution in [0.25, 0.3) is 0 Å². The maximum Gasteiger partial charge on any atom is 0.295 e. The third-order valence-corrected chi connectivity index (χ3v) is 8.59. The van der Waals surface area contributed by atoms with Gasteiger partial charge in [-0.3, -0.25) is 4.79 Å². The van der Waals surface area contributed by atoms with Gasteiger partial charge in [0.15, 0.2) is 0 Å². The smallest absolute Gasteiger partial charge is 0.295 e. The average molecular weight is 257 g/mol. The molecular weight excluding hydrogens is 230 g/mol. The Morgan fingerprint density at radius 2 is 1.65 bits per heavy atom. The fourth-order valence-corrected chi connectivity index (χ4v) is 2.82. The van der Waals surface area contributed by atoms with E-state index >= 15 is 0 Å². The summed E-state index contributed by atoms with van der Waals surface area (Å²) in [6.45, 7) is 10.7. The van der Waals surface area contributed by atoms with Crippen molar-refractivity contribution in [2.24, 2.45) is 11.7 Å². The Morgan fingerprint density at radius 3 is 2.06 bits per heavy atom. The molecule has 1 saturated carbocycles. The molecule has 17 heavy (non-hydrogen) atoms. The Kier molecular flexibility index (Phi) is 4.41. The third-order valence-electron chi connectivity index (χ3n) is 4.27. The summed E-state index contributed by atoms with van der Waals surface area (Å²) < 4.78 is 5.84. The van der Waals surface area contributed by atoms with Gasteiger partial charge in [0.2, 0.25) is 0 Å². The van der Waals surface area contributed by atoms with Crippen molar-refractivity contribution in [1.82, 2.24) is 0 Å². The van der Waals surface area contributed by atoms with Gasteiger partial charge in [0.25, 0.3) is 14.3 Å². The standard InChI is InChI=1S/C13H27NO2Si/c1-13(2,3)17(4,5)16-12(15)10-6-8-11(14)9-7-10/h10-11H,6-9,14H2,1-5H3. The molecule has 0 amide bonds. The van der Waals surface area contributed by atoms with E-state index in [-0.39, 0.29) is 23.0 Å². The van der Waals surface area contributed by atoms with Crippen LogP contribution in [0.15, 0.2) is 0 Å². The van der Waals surface area contributed by atoms with Crippen LogP contribution in [0.1, 0.15) is 46.5 Å². The number of rotatable bonds is 2. The van der Waals surface area contributed by atoms with Crippen molar-refractivity contribution in [2.75, 3.05) is 0 Å². The first-order chi connectivity index (χ1) is 7.63. The molecule has 0 spiro atoms. The van der Waals surface area contributed by atoms with Gasteiger partial charge in [0.1, 0.15) is 0 Å². The van der Waals surface area contributed by atoms with Gasteiger partial charge in [0, 0.05) is 6.04 Å². The first-order valence-electron chi connectivity index (χ1n) is 6.62. The van der Waals surface area contributed by atoms with Gasteiger partial charge in [-0.1, -0.05) is 20.8 Å². The van der Waals surface area contributed by atoms with Crippen molar-refractivity contribution >= 4 is 14.3 Å². The molecule has 0 bridgehead atoms. The second-order valence-corrected chi connectivity index (χ2v) is 11.5. The second kappa shape index (κ2) is 5.10. The van der Waals surface area contributed by atoms with E-state index in [4.69, 9.17) is 10.2 Å². The highest BCUT2D eigenvalue weighted by Crippen LogP contribution is 2.38. The zero-order chi connectivity index (χ0) is 13.3. The van der Waals surface area contributed by atoms with Crippen molar-refractivity contribution in [3.8, 4) is 0 Å². The average Bonchev–Trinajstić information content (AvgIpc) is 2.16. The molecule has 0 aliphatic heterocycles. The minimum atomic E-state index is -1.95. The molecule has 100 valence electrons. The second-order valence-electron chi connectivity index (χ2n) is 6.79. The van der Waals surface area contributed by atoms with Crippen LogP contribution in [-0.4, -0.2) is 20.3 Å². The minimum absolute atomic E-state index is 0.0171. The Labute approximate surface area is 106 Å². The molecule has 0 heterocycles. The largest absolute Gasteiger partial charge is 0.519 e. The van der Waals surface area contributed by atoms with Crippen molar-refractivity contribution in [3.63, 3.8) is 0 Å². The van der Waals surface area contributed by atoms with Crippen molar-refractivity contribution in [1.29, 1.82) is 0 Å². The maximum atomic E-state index is 12.1.